The minimum absolute atomic E-state index is 0.000797. The van der Waals surface area contributed by atoms with Gasteiger partial charge in [-0.25, -0.2) is 4.98 Å². The monoisotopic (exact) mass is 765 g/mol. The molecule has 4 N–H and O–H groups in total. The average Bonchev–Trinajstić information content (AvgIpc) is 3.85. The predicted octanol–water partition coefficient (Wildman–Crippen LogP) is 1.30. The van der Waals surface area contributed by atoms with Gasteiger partial charge in [0.1, 0.15) is 29.5 Å². The van der Waals surface area contributed by atoms with Crippen LogP contribution in [0.3, 0.4) is 0 Å². The van der Waals surface area contributed by atoms with Crippen molar-refractivity contribution >= 4 is 41.2 Å². The minimum atomic E-state index is -1.15. The molecule has 3 aliphatic heterocycles. The highest BCUT2D eigenvalue weighted by atomic mass is 16.2. The van der Waals surface area contributed by atoms with E-state index < -0.39 is 70.6 Å². The molecule has 3 saturated heterocycles. The number of ketones is 1. The van der Waals surface area contributed by atoms with Crippen LogP contribution in [0.4, 0.5) is 0 Å². The Morgan fingerprint density at radius 2 is 1.65 bits per heavy atom. The lowest BCUT2D eigenvalue weighted by atomic mass is 9.82. The number of likely N-dealkylation sites (N-methyl/N-ethyl adjacent to an activating group) is 1. The molecule has 0 radical (unpaired) electrons. The van der Waals surface area contributed by atoms with E-state index in [0.717, 1.165) is 25.7 Å². The normalized spacial score (nSPS) is 24.7. The van der Waals surface area contributed by atoms with Crippen molar-refractivity contribution < 1.29 is 33.6 Å². The molecule has 55 heavy (non-hydrogen) atoms. The first kappa shape index (κ1) is 41.7. The third kappa shape index (κ3) is 8.84. The lowest BCUT2D eigenvalue weighted by Crippen LogP contribution is -2.62. The summed E-state index contributed by atoms with van der Waals surface area (Å²) in [6.45, 7) is 11.4. The first-order chi connectivity index (χ1) is 26.0. The Balaban J connectivity index is 1.47. The number of hydrogen-bond acceptors (Lipinski definition) is 10. The van der Waals surface area contributed by atoms with E-state index in [0.29, 0.717) is 32.2 Å². The van der Waals surface area contributed by atoms with Crippen molar-refractivity contribution in [3.05, 3.63) is 24.3 Å². The highest BCUT2D eigenvalue weighted by Gasteiger charge is 2.64. The minimum Gasteiger partial charge on any atom is -0.347 e. The summed E-state index contributed by atoms with van der Waals surface area (Å²) >= 11 is 0. The summed E-state index contributed by atoms with van der Waals surface area (Å²) in [5, 5.41) is 11.3. The van der Waals surface area contributed by atoms with E-state index in [1.165, 1.54) is 23.5 Å². The molecule has 1 saturated carbocycles. The van der Waals surface area contributed by atoms with Gasteiger partial charge in [-0.1, -0.05) is 53.4 Å². The molecule has 6 amide bonds. The molecule has 16 nitrogen and oxygen atoms in total. The molecule has 16 heteroatoms. The number of Topliss-reactive ketones (excluding diaryl/α,β-unsaturated/α-hetero) is 1. The fourth-order valence-electron chi connectivity index (χ4n) is 8.79. The van der Waals surface area contributed by atoms with E-state index in [-0.39, 0.29) is 49.0 Å². The Hall–Kier alpha value is -4.47. The molecule has 0 bridgehead atoms. The lowest BCUT2D eigenvalue weighted by molar-refractivity contribution is -0.145. The van der Waals surface area contributed by atoms with Crippen LogP contribution >= 0.6 is 0 Å². The summed E-state index contributed by atoms with van der Waals surface area (Å²) in [6, 6.07) is -5.02. The summed E-state index contributed by atoms with van der Waals surface area (Å²) in [4.78, 5) is 110. The molecule has 1 aliphatic carbocycles. The number of hydrogen-bond donors (Lipinski definition) is 4. The van der Waals surface area contributed by atoms with Gasteiger partial charge < -0.3 is 31.1 Å². The van der Waals surface area contributed by atoms with Gasteiger partial charge in [-0.05, 0) is 57.3 Å². The zero-order valence-electron chi connectivity index (χ0n) is 33.4. The van der Waals surface area contributed by atoms with E-state index >= 15 is 4.79 Å². The van der Waals surface area contributed by atoms with Crippen molar-refractivity contribution in [2.45, 2.75) is 148 Å². The van der Waals surface area contributed by atoms with Crippen LogP contribution in [0, 0.1) is 11.3 Å². The van der Waals surface area contributed by atoms with Crippen LogP contribution in [-0.4, -0.2) is 128 Å². The van der Waals surface area contributed by atoms with Crippen LogP contribution in [0.2, 0.25) is 0 Å². The molecule has 0 aromatic carbocycles. The number of amides is 6. The molecule has 4 fully saturated rings. The Morgan fingerprint density at radius 1 is 0.945 bits per heavy atom. The summed E-state index contributed by atoms with van der Waals surface area (Å²) < 4.78 is 0. The first-order valence-corrected chi connectivity index (χ1v) is 19.9. The smallest absolute Gasteiger partial charge is 0.289 e. The van der Waals surface area contributed by atoms with E-state index in [2.05, 4.69) is 36.1 Å². The van der Waals surface area contributed by atoms with Gasteiger partial charge in [-0.15, -0.1) is 0 Å². The van der Waals surface area contributed by atoms with Crippen molar-refractivity contribution in [2.75, 3.05) is 20.1 Å². The highest BCUT2D eigenvalue weighted by molar-refractivity contribution is 6.38. The second-order valence-electron chi connectivity index (χ2n) is 17.0. The van der Waals surface area contributed by atoms with E-state index in [9.17, 15) is 28.8 Å². The second-order valence-corrected chi connectivity index (χ2v) is 17.0. The first-order valence-electron chi connectivity index (χ1n) is 19.9. The summed E-state index contributed by atoms with van der Waals surface area (Å²) in [5.74, 6) is -4.06. The van der Waals surface area contributed by atoms with Gasteiger partial charge in [0.2, 0.25) is 29.4 Å². The SMILES string of the molecule is CCCC(NC(=O)[C@@H]1CC2(CN1C(=O)[C@@H](NC(=O)[C@@H](NC(=O)c1cnccn1)C1CCCCC1)C(C)(C)C)N(C)C(=O)[C@@H]1CCCN12)C(=O)C(=O)NC(C)C. The van der Waals surface area contributed by atoms with Gasteiger partial charge in [-0.2, -0.15) is 0 Å². The second kappa shape index (κ2) is 17.1. The molecular formula is C39H59N9O7. The van der Waals surface area contributed by atoms with E-state index in [4.69, 9.17) is 0 Å². The molecular weight excluding hydrogens is 706 g/mol. The number of aromatic nitrogens is 2. The number of carbonyl (C=O) groups excluding carboxylic acids is 7. The molecule has 4 heterocycles. The van der Waals surface area contributed by atoms with Gasteiger partial charge in [0.15, 0.2) is 0 Å². The average molecular weight is 766 g/mol. The van der Waals surface area contributed by atoms with Crippen molar-refractivity contribution in [2.24, 2.45) is 11.3 Å². The quantitative estimate of drug-likeness (QED) is 0.212. The van der Waals surface area contributed by atoms with Gasteiger partial charge >= 0.3 is 0 Å². The Kier molecular flexibility index (Phi) is 13.0. The van der Waals surface area contributed by atoms with Crippen LogP contribution in [-0.2, 0) is 28.8 Å². The zero-order chi connectivity index (χ0) is 40.2. The molecule has 1 aromatic heterocycles. The fraction of sp³-hybridized carbons (Fsp3) is 0.718. The fourth-order valence-corrected chi connectivity index (χ4v) is 8.79. The Morgan fingerprint density at radius 3 is 2.27 bits per heavy atom. The molecule has 1 aromatic rings. The van der Waals surface area contributed by atoms with Crippen molar-refractivity contribution in [1.82, 2.24) is 45.9 Å². The van der Waals surface area contributed by atoms with Crippen LogP contribution in [0.25, 0.3) is 0 Å². The third-order valence-corrected chi connectivity index (χ3v) is 11.7. The molecule has 302 valence electrons. The molecule has 4 aliphatic rings. The molecule has 1 spiro atoms. The van der Waals surface area contributed by atoms with Crippen LogP contribution in [0.15, 0.2) is 18.6 Å². The molecule has 2 unspecified atom stereocenters. The number of nitrogens with zero attached hydrogens (tertiary/aromatic N) is 5. The Labute approximate surface area is 323 Å². The molecule has 6 atom stereocenters. The molecule has 5 rings (SSSR count). The summed E-state index contributed by atoms with van der Waals surface area (Å²) in [5.41, 5.74) is -1.79. The van der Waals surface area contributed by atoms with Gasteiger partial charge in [0.05, 0.1) is 24.8 Å². The van der Waals surface area contributed by atoms with Gasteiger partial charge in [-0.3, -0.25) is 43.4 Å². The summed E-state index contributed by atoms with van der Waals surface area (Å²) in [7, 11) is 1.70. The number of fused-ring (bicyclic) bond motifs is 2. The highest BCUT2D eigenvalue weighted by Crippen LogP contribution is 2.45. The number of nitrogens with one attached hydrogen (secondary N) is 4. The van der Waals surface area contributed by atoms with Gasteiger partial charge in [0, 0.05) is 38.4 Å². The lowest BCUT2D eigenvalue weighted by Gasteiger charge is -2.39. The van der Waals surface area contributed by atoms with Gasteiger partial charge in [0.25, 0.3) is 11.8 Å². The standard InChI is InChI=1S/C39H59N9O7/c1-8-13-25(30(49)35(53)42-23(2)3)43-33(51)28-20-39(46(7)36(54)27-16-12-19-48(27)39)22-47(28)37(55)31(38(4,5)6)45-34(52)29(24-14-10-9-11-15-24)44-32(50)26-21-40-17-18-41-26/h17-18,21,23-25,27-29,31H,8-16,19-20,22H2,1-7H3,(H,42,53)(H,43,51)(H,44,50)(H,45,52)/t25?,27-,28-,29-,31+,39?/m0/s1. The van der Waals surface area contributed by atoms with Crippen molar-refractivity contribution in [3.63, 3.8) is 0 Å². The van der Waals surface area contributed by atoms with Crippen LogP contribution in [0.5, 0.6) is 0 Å². The van der Waals surface area contributed by atoms with Crippen LogP contribution < -0.4 is 21.3 Å². The largest absolute Gasteiger partial charge is 0.347 e. The van der Waals surface area contributed by atoms with Crippen molar-refractivity contribution in [1.29, 1.82) is 0 Å². The topological polar surface area (TPSA) is 203 Å². The number of likely N-dealkylation sites (tertiary alicyclic amines) is 1. The maximum Gasteiger partial charge on any atom is 0.289 e. The van der Waals surface area contributed by atoms with Crippen molar-refractivity contribution in [3.8, 4) is 0 Å². The maximum absolute atomic E-state index is 15.1. The van der Waals surface area contributed by atoms with E-state index in [1.54, 1.807) is 25.8 Å². The predicted molar refractivity (Wildman–Crippen MR) is 202 cm³/mol. The number of carbonyl (C=O) groups is 7. The van der Waals surface area contributed by atoms with Crippen LogP contribution in [0.1, 0.15) is 116 Å². The summed E-state index contributed by atoms with van der Waals surface area (Å²) in [6.07, 6.45) is 10.7. The third-order valence-electron chi connectivity index (χ3n) is 11.7. The zero-order valence-corrected chi connectivity index (χ0v) is 33.4. The Bertz CT molecular complexity index is 1630. The maximum atomic E-state index is 15.1. The van der Waals surface area contributed by atoms with E-state index in [1.807, 2.05) is 27.7 Å². The number of rotatable bonds is 13.